The van der Waals surface area contributed by atoms with Crippen molar-refractivity contribution in [1.82, 2.24) is 0 Å². The molecule has 1 rings (SSSR count). The summed E-state index contributed by atoms with van der Waals surface area (Å²) in [5, 5.41) is 10.1. The fourth-order valence-corrected chi connectivity index (χ4v) is 3.77. The molecule has 0 bridgehead atoms. The predicted molar refractivity (Wildman–Crippen MR) is 133 cm³/mol. The minimum absolute atomic E-state index is 0.197. The van der Waals surface area contributed by atoms with Gasteiger partial charge in [-0.3, -0.25) is 19.2 Å². The van der Waals surface area contributed by atoms with Gasteiger partial charge in [0.15, 0.2) is 0 Å². The number of aliphatic hydroxyl groups is 1. The van der Waals surface area contributed by atoms with Gasteiger partial charge >= 0.3 is 23.9 Å². The topological polar surface area (TPSA) is 125 Å². The van der Waals surface area contributed by atoms with Crippen LogP contribution in [-0.4, -0.2) is 61.5 Å². The molecule has 0 aliphatic heterocycles. The van der Waals surface area contributed by atoms with Crippen LogP contribution in [0.2, 0.25) is 0 Å². The molecule has 0 aromatic heterocycles. The molecule has 0 spiro atoms. The van der Waals surface area contributed by atoms with Gasteiger partial charge in [-0.05, 0) is 58.8 Å². The van der Waals surface area contributed by atoms with Crippen molar-refractivity contribution in [2.24, 2.45) is 17.3 Å². The van der Waals surface area contributed by atoms with Crippen LogP contribution in [0, 0.1) is 17.3 Å². The predicted octanol–water partition coefficient (Wildman–Crippen LogP) is 4.12. The van der Waals surface area contributed by atoms with Gasteiger partial charge in [0.25, 0.3) is 0 Å². The Balaban J connectivity index is 2.34. The molecule has 1 aliphatic carbocycles. The van der Waals surface area contributed by atoms with E-state index in [0.29, 0.717) is 45.1 Å². The highest BCUT2D eigenvalue weighted by atomic mass is 16.6. The van der Waals surface area contributed by atoms with Gasteiger partial charge < -0.3 is 24.1 Å². The Bertz CT molecular complexity index is 689. The van der Waals surface area contributed by atoms with Crippen LogP contribution in [0.1, 0.15) is 98.3 Å². The summed E-state index contributed by atoms with van der Waals surface area (Å²) in [5.41, 5.74) is -0.647. The van der Waals surface area contributed by atoms with Gasteiger partial charge in [0.05, 0.1) is 30.5 Å². The number of rotatable bonds is 17. The lowest BCUT2D eigenvalue weighted by atomic mass is 9.79. The largest absolute Gasteiger partial charge is 0.466 e. The number of ether oxygens (including phenoxy) is 4. The Morgan fingerprint density at radius 3 is 2.00 bits per heavy atom. The van der Waals surface area contributed by atoms with E-state index in [1.165, 1.54) is 0 Å². The Hall–Kier alpha value is -2.16. The highest BCUT2D eigenvalue weighted by Crippen LogP contribution is 2.32. The summed E-state index contributed by atoms with van der Waals surface area (Å²) < 4.78 is 20.9. The van der Waals surface area contributed by atoms with Crippen molar-refractivity contribution in [3.05, 3.63) is 0 Å². The minimum atomic E-state index is -1.14. The second-order valence-corrected chi connectivity index (χ2v) is 10.2. The number of esters is 4. The lowest BCUT2D eigenvalue weighted by molar-refractivity contribution is -0.167. The van der Waals surface area contributed by atoms with E-state index in [1.807, 2.05) is 13.8 Å². The normalized spacial score (nSPS) is 18.7. The van der Waals surface area contributed by atoms with Crippen LogP contribution in [0.5, 0.6) is 0 Å². The molecule has 0 aromatic rings. The summed E-state index contributed by atoms with van der Waals surface area (Å²) in [4.78, 5) is 48.9. The smallest absolute Gasteiger partial charge is 0.311 e. The second kappa shape index (κ2) is 17.3. The zero-order valence-electron chi connectivity index (χ0n) is 22.6. The molecule has 208 valence electrons. The van der Waals surface area contributed by atoms with Crippen molar-refractivity contribution in [2.45, 2.75) is 104 Å². The van der Waals surface area contributed by atoms with Crippen LogP contribution in [0.25, 0.3) is 0 Å². The molecule has 0 aromatic carbocycles. The SMILES string of the molecule is CCCCOC(=O)CCCCCOC(=O)C1CCCCC1C(=O)OCC(O)COC(=O)C(C)(C)CC. The zero-order valence-corrected chi connectivity index (χ0v) is 22.6. The van der Waals surface area contributed by atoms with E-state index in [-0.39, 0.29) is 25.8 Å². The van der Waals surface area contributed by atoms with Gasteiger partial charge in [0, 0.05) is 6.42 Å². The molecule has 1 aliphatic rings. The molecule has 3 atom stereocenters. The maximum Gasteiger partial charge on any atom is 0.311 e. The standard InChI is InChI=1S/C27H46O9/c1-5-7-16-33-23(29)15-9-8-12-17-34-24(30)21-13-10-11-14-22(21)25(31)35-18-20(28)19-36-26(32)27(3,4)6-2/h20-22,28H,5-19H2,1-4H3. The van der Waals surface area contributed by atoms with Crippen molar-refractivity contribution in [3.63, 3.8) is 0 Å². The third-order valence-corrected chi connectivity index (χ3v) is 6.66. The third kappa shape index (κ3) is 12.2. The molecular weight excluding hydrogens is 468 g/mol. The molecule has 0 radical (unpaired) electrons. The summed E-state index contributed by atoms with van der Waals surface area (Å²) in [6, 6.07) is 0. The summed E-state index contributed by atoms with van der Waals surface area (Å²) in [6.07, 6.45) is 6.43. The molecule has 1 fully saturated rings. The van der Waals surface area contributed by atoms with Crippen LogP contribution >= 0.6 is 0 Å². The number of carbonyl (C=O) groups is 4. The van der Waals surface area contributed by atoms with Crippen molar-refractivity contribution in [1.29, 1.82) is 0 Å². The number of hydrogen-bond acceptors (Lipinski definition) is 9. The van der Waals surface area contributed by atoms with Gasteiger partial charge in [0.2, 0.25) is 0 Å². The fraction of sp³-hybridized carbons (Fsp3) is 0.852. The van der Waals surface area contributed by atoms with Gasteiger partial charge in [0.1, 0.15) is 19.3 Å². The van der Waals surface area contributed by atoms with Gasteiger partial charge in [-0.15, -0.1) is 0 Å². The van der Waals surface area contributed by atoms with E-state index >= 15 is 0 Å². The van der Waals surface area contributed by atoms with E-state index in [1.54, 1.807) is 13.8 Å². The van der Waals surface area contributed by atoms with E-state index in [0.717, 1.165) is 32.1 Å². The first-order chi connectivity index (χ1) is 17.1. The molecule has 0 saturated heterocycles. The first kappa shape index (κ1) is 31.9. The Morgan fingerprint density at radius 2 is 1.39 bits per heavy atom. The van der Waals surface area contributed by atoms with Gasteiger partial charge in [-0.2, -0.15) is 0 Å². The van der Waals surface area contributed by atoms with E-state index in [4.69, 9.17) is 18.9 Å². The first-order valence-corrected chi connectivity index (χ1v) is 13.5. The molecule has 9 nitrogen and oxygen atoms in total. The maximum absolute atomic E-state index is 12.6. The van der Waals surface area contributed by atoms with E-state index in [9.17, 15) is 24.3 Å². The summed E-state index contributed by atoms with van der Waals surface area (Å²) in [7, 11) is 0. The number of aliphatic hydroxyl groups excluding tert-OH is 1. The van der Waals surface area contributed by atoms with Crippen molar-refractivity contribution >= 4 is 23.9 Å². The molecule has 1 N–H and O–H groups in total. The summed E-state index contributed by atoms with van der Waals surface area (Å²) in [5.74, 6) is -2.75. The number of carbonyl (C=O) groups excluding carboxylic acids is 4. The Labute approximate surface area is 215 Å². The monoisotopic (exact) mass is 514 g/mol. The lowest BCUT2D eigenvalue weighted by Gasteiger charge is -2.28. The van der Waals surface area contributed by atoms with Crippen LogP contribution in [-0.2, 0) is 38.1 Å². The summed E-state index contributed by atoms with van der Waals surface area (Å²) in [6.45, 7) is 7.56. The average molecular weight is 515 g/mol. The lowest BCUT2D eigenvalue weighted by Crippen LogP contribution is -2.37. The Kier molecular flexibility index (Phi) is 15.3. The molecule has 36 heavy (non-hydrogen) atoms. The highest BCUT2D eigenvalue weighted by molar-refractivity contribution is 5.82. The van der Waals surface area contributed by atoms with Crippen LogP contribution < -0.4 is 0 Å². The van der Waals surface area contributed by atoms with Crippen LogP contribution in [0.3, 0.4) is 0 Å². The zero-order chi connectivity index (χ0) is 27.0. The molecule has 3 unspecified atom stereocenters. The minimum Gasteiger partial charge on any atom is -0.466 e. The van der Waals surface area contributed by atoms with E-state index in [2.05, 4.69) is 0 Å². The molecule has 0 heterocycles. The maximum atomic E-state index is 12.6. The van der Waals surface area contributed by atoms with Gasteiger partial charge in [-0.25, -0.2) is 0 Å². The number of hydrogen-bond donors (Lipinski definition) is 1. The van der Waals surface area contributed by atoms with Gasteiger partial charge in [-0.1, -0.05) is 33.1 Å². The molecular formula is C27H46O9. The fourth-order valence-electron chi connectivity index (χ4n) is 3.77. The molecule has 1 saturated carbocycles. The van der Waals surface area contributed by atoms with E-state index < -0.39 is 41.3 Å². The van der Waals surface area contributed by atoms with Crippen molar-refractivity contribution in [2.75, 3.05) is 26.4 Å². The van der Waals surface area contributed by atoms with Crippen LogP contribution in [0.15, 0.2) is 0 Å². The third-order valence-electron chi connectivity index (χ3n) is 6.66. The van der Waals surface area contributed by atoms with Crippen molar-refractivity contribution < 1.29 is 43.2 Å². The number of unbranched alkanes of at least 4 members (excludes halogenated alkanes) is 3. The summed E-state index contributed by atoms with van der Waals surface area (Å²) >= 11 is 0. The first-order valence-electron chi connectivity index (χ1n) is 13.5. The molecule has 9 heteroatoms. The van der Waals surface area contributed by atoms with Crippen molar-refractivity contribution in [3.8, 4) is 0 Å². The second-order valence-electron chi connectivity index (χ2n) is 10.2. The quantitative estimate of drug-likeness (QED) is 0.173. The molecule has 0 amide bonds. The van der Waals surface area contributed by atoms with Crippen LogP contribution in [0.4, 0.5) is 0 Å². The highest BCUT2D eigenvalue weighted by Gasteiger charge is 2.38. The Morgan fingerprint density at radius 1 is 0.806 bits per heavy atom. The average Bonchev–Trinajstić information content (AvgIpc) is 2.87.